The van der Waals surface area contributed by atoms with Crippen molar-refractivity contribution in [1.29, 1.82) is 0 Å². The molecule has 0 spiro atoms. The smallest absolute Gasteiger partial charge is 0.293 e. The zero-order chi connectivity index (χ0) is 17.3. The molecule has 5 nitrogen and oxygen atoms in total. The second kappa shape index (κ2) is 9.62. The summed E-state index contributed by atoms with van der Waals surface area (Å²) < 4.78 is 31.7. The Morgan fingerprint density at radius 1 is 1.22 bits per heavy atom. The van der Waals surface area contributed by atoms with E-state index in [1.807, 2.05) is 19.9 Å². The number of nitrogens with zero attached hydrogens (tertiary/aromatic N) is 3. The molecule has 1 saturated heterocycles. The van der Waals surface area contributed by atoms with Crippen LogP contribution in [0.3, 0.4) is 0 Å². The van der Waals surface area contributed by atoms with E-state index in [1.165, 1.54) is 13.2 Å². The fourth-order valence-corrected chi connectivity index (χ4v) is 2.18. The molecule has 0 atom stereocenters. The van der Waals surface area contributed by atoms with Crippen LogP contribution < -0.4 is 15.0 Å². The molecule has 0 saturated carbocycles. The van der Waals surface area contributed by atoms with Gasteiger partial charge >= 0.3 is 0 Å². The Balaban J connectivity index is 0.00000127. The maximum absolute atomic E-state index is 13.3. The lowest BCUT2D eigenvalue weighted by Gasteiger charge is -2.33. The van der Waals surface area contributed by atoms with Crippen molar-refractivity contribution in [3.05, 3.63) is 18.3 Å². The average molecular weight is 330 g/mol. The lowest BCUT2D eigenvalue weighted by atomic mass is 10.3. The summed E-state index contributed by atoms with van der Waals surface area (Å²) in [7, 11) is 3.58. The molecule has 1 aliphatic heterocycles. The normalized spacial score (nSPS) is 15.8. The van der Waals surface area contributed by atoms with Crippen LogP contribution in [0.5, 0.6) is 5.75 Å². The van der Waals surface area contributed by atoms with Gasteiger partial charge in [0, 0.05) is 26.2 Å². The van der Waals surface area contributed by atoms with Crippen LogP contribution in [0, 0.1) is 0 Å². The van der Waals surface area contributed by atoms with Crippen LogP contribution >= 0.6 is 0 Å². The van der Waals surface area contributed by atoms with Gasteiger partial charge < -0.3 is 19.9 Å². The highest BCUT2D eigenvalue weighted by Gasteiger charge is 2.29. The highest BCUT2D eigenvalue weighted by molar-refractivity contribution is 5.41. The minimum Gasteiger partial charge on any atom is -0.486 e. The molecule has 0 aromatic carbocycles. The third kappa shape index (κ3) is 6.66. The molecule has 0 bridgehead atoms. The minimum absolute atomic E-state index is 0.364. The highest BCUT2D eigenvalue weighted by Crippen LogP contribution is 2.19. The van der Waals surface area contributed by atoms with E-state index in [0.29, 0.717) is 5.75 Å². The molecule has 0 amide bonds. The van der Waals surface area contributed by atoms with E-state index in [-0.39, 0.29) is 0 Å². The largest absolute Gasteiger partial charge is 0.486 e. The standard InChI is InChI=1S/C14H22F2N4O.C2H6/c1-17-10-14(15,16)11-21-12-3-4-13(18-9-12)20-7-5-19(2)6-8-20;1-2/h3-4,9,17H,5-8,10-11H2,1-2H3;1-2H3. The van der Waals surface area contributed by atoms with Gasteiger partial charge in [-0.05, 0) is 26.2 Å². The summed E-state index contributed by atoms with van der Waals surface area (Å²) in [6.07, 6.45) is 1.50. The zero-order valence-electron chi connectivity index (χ0n) is 14.5. The summed E-state index contributed by atoms with van der Waals surface area (Å²) in [6, 6.07) is 3.51. The van der Waals surface area contributed by atoms with Crippen molar-refractivity contribution in [2.75, 3.05) is 58.3 Å². The van der Waals surface area contributed by atoms with Gasteiger partial charge in [-0.25, -0.2) is 13.8 Å². The molecule has 0 aliphatic carbocycles. The first-order chi connectivity index (χ1) is 11.0. The van der Waals surface area contributed by atoms with Gasteiger partial charge in [0.15, 0.2) is 6.61 Å². The summed E-state index contributed by atoms with van der Waals surface area (Å²) in [6.45, 7) is 6.78. The number of aromatic nitrogens is 1. The summed E-state index contributed by atoms with van der Waals surface area (Å²) in [4.78, 5) is 8.74. The first-order valence-electron chi connectivity index (χ1n) is 8.05. The van der Waals surface area contributed by atoms with Gasteiger partial charge in [-0.2, -0.15) is 0 Å². The lowest BCUT2D eigenvalue weighted by Crippen LogP contribution is -2.44. The summed E-state index contributed by atoms with van der Waals surface area (Å²) in [5.74, 6) is -1.66. The maximum atomic E-state index is 13.3. The van der Waals surface area contributed by atoms with Crippen molar-refractivity contribution in [3.8, 4) is 5.75 Å². The van der Waals surface area contributed by atoms with Crippen molar-refractivity contribution in [3.63, 3.8) is 0 Å². The van der Waals surface area contributed by atoms with Gasteiger partial charge in [-0.15, -0.1) is 0 Å². The van der Waals surface area contributed by atoms with Gasteiger partial charge in [0.1, 0.15) is 11.6 Å². The van der Waals surface area contributed by atoms with Crippen molar-refractivity contribution >= 4 is 5.82 Å². The van der Waals surface area contributed by atoms with Crippen LogP contribution in [-0.2, 0) is 0 Å². The van der Waals surface area contributed by atoms with Gasteiger partial charge in [-0.3, -0.25) is 0 Å². The SMILES string of the molecule is CC.CNCC(F)(F)COc1ccc(N2CCN(C)CC2)nc1. The molecule has 1 N–H and O–H groups in total. The number of anilines is 1. The molecular formula is C16H28F2N4O. The van der Waals surface area contributed by atoms with Crippen molar-refractivity contribution in [1.82, 2.24) is 15.2 Å². The van der Waals surface area contributed by atoms with E-state index in [1.54, 1.807) is 6.07 Å². The highest BCUT2D eigenvalue weighted by atomic mass is 19.3. The molecule has 1 aliphatic rings. The van der Waals surface area contributed by atoms with Gasteiger partial charge in [-0.1, -0.05) is 13.8 Å². The minimum atomic E-state index is -2.88. The number of pyridine rings is 1. The number of ether oxygens (including phenoxy) is 1. The number of rotatable bonds is 6. The molecular weight excluding hydrogens is 302 g/mol. The number of hydrogen-bond donors (Lipinski definition) is 1. The predicted molar refractivity (Wildman–Crippen MR) is 89.7 cm³/mol. The number of alkyl halides is 2. The number of piperazine rings is 1. The quantitative estimate of drug-likeness (QED) is 0.865. The molecule has 23 heavy (non-hydrogen) atoms. The van der Waals surface area contributed by atoms with Crippen LogP contribution in [0.1, 0.15) is 13.8 Å². The first-order valence-corrected chi connectivity index (χ1v) is 8.05. The Hall–Kier alpha value is -1.47. The van der Waals surface area contributed by atoms with E-state index in [9.17, 15) is 8.78 Å². The number of halogens is 2. The average Bonchev–Trinajstić information content (AvgIpc) is 2.56. The van der Waals surface area contributed by atoms with Crippen molar-refractivity contribution in [2.45, 2.75) is 19.8 Å². The van der Waals surface area contributed by atoms with Gasteiger partial charge in [0.2, 0.25) is 0 Å². The Bertz CT molecular complexity index is 434. The van der Waals surface area contributed by atoms with E-state index in [0.717, 1.165) is 32.0 Å². The summed E-state index contributed by atoms with van der Waals surface area (Å²) in [5, 5.41) is 2.44. The Labute approximate surface area is 137 Å². The lowest BCUT2D eigenvalue weighted by molar-refractivity contribution is -0.0375. The second-order valence-corrected chi connectivity index (χ2v) is 5.32. The van der Waals surface area contributed by atoms with Gasteiger partial charge in [0.25, 0.3) is 5.92 Å². The van der Waals surface area contributed by atoms with Crippen LogP contribution in [-0.4, -0.2) is 69.2 Å². The molecule has 1 aromatic rings. The van der Waals surface area contributed by atoms with E-state index in [2.05, 4.69) is 27.1 Å². The van der Waals surface area contributed by atoms with E-state index in [4.69, 9.17) is 4.74 Å². The predicted octanol–water partition coefficient (Wildman–Crippen LogP) is 2.09. The summed E-state index contributed by atoms with van der Waals surface area (Å²) in [5.41, 5.74) is 0. The monoisotopic (exact) mass is 330 g/mol. The summed E-state index contributed by atoms with van der Waals surface area (Å²) >= 11 is 0. The molecule has 7 heteroatoms. The van der Waals surface area contributed by atoms with Crippen molar-refractivity contribution < 1.29 is 13.5 Å². The molecule has 0 unspecified atom stereocenters. The molecule has 1 aromatic heterocycles. The van der Waals surface area contributed by atoms with Gasteiger partial charge in [0.05, 0.1) is 12.7 Å². The molecule has 132 valence electrons. The molecule has 2 heterocycles. The van der Waals surface area contributed by atoms with E-state index < -0.39 is 19.1 Å². The van der Waals surface area contributed by atoms with E-state index >= 15 is 0 Å². The Morgan fingerprint density at radius 2 is 1.87 bits per heavy atom. The van der Waals surface area contributed by atoms with Crippen LogP contribution in [0.15, 0.2) is 18.3 Å². The Kier molecular flexibility index (Phi) is 8.19. The number of nitrogens with one attached hydrogen (secondary N) is 1. The van der Waals surface area contributed by atoms with Crippen LogP contribution in [0.25, 0.3) is 0 Å². The fourth-order valence-electron chi connectivity index (χ4n) is 2.18. The maximum Gasteiger partial charge on any atom is 0.293 e. The molecule has 0 radical (unpaired) electrons. The third-order valence-electron chi connectivity index (χ3n) is 3.43. The van der Waals surface area contributed by atoms with Crippen LogP contribution in [0.2, 0.25) is 0 Å². The zero-order valence-corrected chi connectivity index (χ0v) is 14.5. The topological polar surface area (TPSA) is 40.6 Å². The van der Waals surface area contributed by atoms with Crippen molar-refractivity contribution in [2.24, 2.45) is 0 Å². The number of likely N-dealkylation sites (N-methyl/N-ethyl adjacent to an activating group) is 1. The molecule has 2 rings (SSSR count). The first kappa shape index (κ1) is 19.6. The third-order valence-corrected chi connectivity index (χ3v) is 3.43. The van der Waals surface area contributed by atoms with Crippen LogP contribution in [0.4, 0.5) is 14.6 Å². The second-order valence-electron chi connectivity index (χ2n) is 5.32. The number of hydrogen-bond acceptors (Lipinski definition) is 5. The molecule has 1 fully saturated rings. The Morgan fingerprint density at radius 3 is 2.39 bits per heavy atom. The fraction of sp³-hybridized carbons (Fsp3) is 0.688.